The van der Waals surface area contributed by atoms with Crippen LogP contribution in [0.3, 0.4) is 0 Å². The van der Waals surface area contributed by atoms with Crippen molar-refractivity contribution in [2.24, 2.45) is 0 Å². The summed E-state index contributed by atoms with van der Waals surface area (Å²) < 4.78 is 2.09. The van der Waals surface area contributed by atoms with Crippen molar-refractivity contribution in [1.29, 1.82) is 0 Å². The molecule has 2 fully saturated rings. The third kappa shape index (κ3) is 4.55. The predicted octanol–water partition coefficient (Wildman–Crippen LogP) is 1.81. The molecular formula is C18H22N4O2S2. The summed E-state index contributed by atoms with van der Waals surface area (Å²) in [4.78, 5) is 32.9. The molecule has 0 spiro atoms. The van der Waals surface area contributed by atoms with Crippen molar-refractivity contribution in [2.75, 3.05) is 38.5 Å². The van der Waals surface area contributed by atoms with Gasteiger partial charge in [-0.1, -0.05) is 23.9 Å². The number of carbonyl (C=O) groups excluding carboxylic acids is 2. The molecule has 26 heavy (non-hydrogen) atoms. The molecule has 1 aliphatic carbocycles. The van der Waals surface area contributed by atoms with E-state index >= 15 is 0 Å². The molecule has 1 saturated heterocycles. The van der Waals surface area contributed by atoms with E-state index in [9.17, 15) is 9.59 Å². The molecule has 2 aromatic rings. The number of hydrogen-bond donors (Lipinski definition) is 1. The first-order valence-electron chi connectivity index (χ1n) is 8.95. The molecule has 2 heterocycles. The van der Waals surface area contributed by atoms with Gasteiger partial charge in [0, 0.05) is 32.2 Å². The number of benzene rings is 1. The van der Waals surface area contributed by atoms with Gasteiger partial charge in [0.05, 0.1) is 22.5 Å². The van der Waals surface area contributed by atoms with Crippen LogP contribution in [-0.4, -0.2) is 71.1 Å². The minimum Gasteiger partial charge on any atom is -0.352 e. The second-order valence-electron chi connectivity index (χ2n) is 6.73. The third-order valence-electron chi connectivity index (χ3n) is 4.63. The van der Waals surface area contributed by atoms with Gasteiger partial charge in [0.1, 0.15) is 0 Å². The monoisotopic (exact) mass is 390 g/mol. The molecule has 1 aromatic heterocycles. The minimum atomic E-state index is 0.110. The molecule has 2 amide bonds. The van der Waals surface area contributed by atoms with Crippen molar-refractivity contribution in [1.82, 2.24) is 20.1 Å². The van der Waals surface area contributed by atoms with E-state index in [2.05, 4.69) is 21.3 Å². The maximum atomic E-state index is 12.5. The number of para-hydroxylation sites is 1. The van der Waals surface area contributed by atoms with Gasteiger partial charge in [-0.15, -0.1) is 11.3 Å². The normalized spacial score (nSPS) is 18.2. The first kappa shape index (κ1) is 17.8. The number of aromatic nitrogens is 1. The second-order valence-corrected chi connectivity index (χ2v) is 8.99. The van der Waals surface area contributed by atoms with Gasteiger partial charge in [0.25, 0.3) is 0 Å². The summed E-state index contributed by atoms with van der Waals surface area (Å²) in [5, 5.41) is 3.01. The SMILES string of the molecule is O=C(CN1CCN(C(=O)CSc2nc3ccccc3s2)CC1)NC1CC1. The number of rotatable bonds is 6. The van der Waals surface area contributed by atoms with Gasteiger partial charge >= 0.3 is 0 Å². The summed E-state index contributed by atoms with van der Waals surface area (Å²) in [6, 6.07) is 8.44. The van der Waals surface area contributed by atoms with Crippen LogP contribution in [0.5, 0.6) is 0 Å². The molecule has 2 aliphatic rings. The minimum absolute atomic E-state index is 0.110. The van der Waals surface area contributed by atoms with Gasteiger partial charge in [0.15, 0.2) is 4.34 Å². The van der Waals surface area contributed by atoms with Gasteiger partial charge in [-0.3, -0.25) is 14.5 Å². The largest absolute Gasteiger partial charge is 0.352 e. The zero-order valence-corrected chi connectivity index (χ0v) is 16.2. The molecule has 0 atom stereocenters. The molecule has 0 bridgehead atoms. The molecule has 6 nitrogen and oxygen atoms in total. The molecule has 1 aromatic carbocycles. The van der Waals surface area contributed by atoms with E-state index in [1.54, 1.807) is 11.3 Å². The quantitative estimate of drug-likeness (QED) is 0.762. The van der Waals surface area contributed by atoms with Crippen molar-refractivity contribution in [3.63, 3.8) is 0 Å². The van der Waals surface area contributed by atoms with Crippen LogP contribution in [0.4, 0.5) is 0 Å². The highest BCUT2D eigenvalue weighted by Crippen LogP contribution is 2.29. The Morgan fingerprint density at radius 3 is 2.69 bits per heavy atom. The Hall–Kier alpha value is -1.64. The van der Waals surface area contributed by atoms with Gasteiger partial charge in [-0.05, 0) is 25.0 Å². The summed E-state index contributed by atoms with van der Waals surface area (Å²) in [5.74, 6) is 0.678. The number of nitrogens with zero attached hydrogens (tertiary/aromatic N) is 3. The zero-order valence-electron chi connectivity index (χ0n) is 14.5. The zero-order chi connectivity index (χ0) is 17.9. The summed E-state index contributed by atoms with van der Waals surface area (Å²) in [6.07, 6.45) is 2.22. The fourth-order valence-corrected chi connectivity index (χ4v) is 4.96. The van der Waals surface area contributed by atoms with Crippen molar-refractivity contribution in [3.05, 3.63) is 24.3 Å². The van der Waals surface area contributed by atoms with E-state index in [0.29, 0.717) is 31.4 Å². The fourth-order valence-electron chi connectivity index (χ4n) is 2.99. The molecular weight excluding hydrogens is 368 g/mol. The predicted molar refractivity (Wildman–Crippen MR) is 105 cm³/mol. The first-order valence-corrected chi connectivity index (χ1v) is 10.8. The van der Waals surface area contributed by atoms with Crippen LogP contribution in [-0.2, 0) is 9.59 Å². The van der Waals surface area contributed by atoms with Crippen LogP contribution in [0.25, 0.3) is 10.2 Å². The molecule has 1 aliphatic heterocycles. The molecule has 1 saturated carbocycles. The molecule has 0 radical (unpaired) electrons. The third-order valence-corrected chi connectivity index (χ3v) is 6.79. The number of fused-ring (bicyclic) bond motifs is 1. The molecule has 1 N–H and O–H groups in total. The molecule has 8 heteroatoms. The standard InChI is InChI=1S/C18H22N4O2S2/c23-16(19-13-5-6-13)11-21-7-9-22(10-8-21)17(24)12-25-18-20-14-3-1-2-4-15(14)26-18/h1-4,13H,5-12H2,(H,19,23). The Bertz CT molecular complexity index is 764. The summed E-state index contributed by atoms with van der Waals surface area (Å²) >= 11 is 3.14. The van der Waals surface area contributed by atoms with E-state index in [-0.39, 0.29) is 11.8 Å². The van der Waals surface area contributed by atoms with E-state index in [1.807, 2.05) is 23.1 Å². The first-order chi connectivity index (χ1) is 12.7. The Morgan fingerprint density at radius 2 is 1.96 bits per heavy atom. The lowest BCUT2D eigenvalue weighted by atomic mass is 10.3. The van der Waals surface area contributed by atoms with Crippen molar-refractivity contribution in [2.45, 2.75) is 23.2 Å². The summed E-state index contributed by atoms with van der Waals surface area (Å²) in [5.41, 5.74) is 0.991. The lowest BCUT2D eigenvalue weighted by molar-refractivity contribution is -0.130. The fraction of sp³-hybridized carbons (Fsp3) is 0.500. The number of nitrogens with one attached hydrogen (secondary N) is 1. The lowest BCUT2D eigenvalue weighted by Crippen LogP contribution is -2.51. The molecule has 0 unspecified atom stereocenters. The number of carbonyl (C=O) groups is 2. The van der Waals surface area contributed by atoms with Gasteiger partial charge in [-0.2, -0.15) is 0 Å². The van der Waals surface area contributed by atoms with Gasteiger partial charge in [-0.25, -0.2) is 4.98 Å². The maximum Gasteiger partial charge on any atom is 0.234 e. The van der Waals surface area contributed by atoms with Gasteiger partial charge in [0.2, 0.25) is 11.8 Å². The van der Waals surface area contributed by atoms with E-state index in [4.69, 9.17) is 0 Å². The lowest BCUT2D eigenvalue weighted by Gasteiger charge is -2.34. The topological polar surface area (TPSA) is 65.5 Å². The van der Waals surface area contributed by atoms with E-state index in [1.165, 1.54) is 11.8 Å². The summed E-state index contributed by atoms with van der Waals surface area (Å²) in [6.45, 7) is 3.34. The Kier molecular flexibility index (Phi) is 5.42. The Morgan fingerprint density at radius 1 is 1.19 bits per heavy atom. The smallest absolute Gasteiger partial charge is 0.234 e. The van der Waals surface area contributed by atoms with E-state index in [0.717, 1.165) is 40.5 Å². The molecule has 4 rings (SSSR count). The van der Waals surface area contributed by atoms with Crippen molar-refractivity contribution < 1.29 is 9.59 Å². The number of piperazine rings is 1. The van der Waals surface area contributed by atoms with Crippen LogP contribution in [0, 0.1) is 0 Å². The van der Waals surface area contributed by atoms with Crippen LogP contribution in [0.2, 0.25) is 0 Å². The highest BCUT2D eigenvalue weighted by atomic mass is 32.2. The van der Waals surface area contributed by atoms with Crippen LogP contribution < -0.4 is 5.32 Å². The second kappa shape index (κ2) is 7.94. The van der Waals surface area contributed by atoms with Crippen LogP contribution in [0.1, 0.15) is 12.8 Å². The average molecular weight is 391 g/mol. The summed E-state index contributed by atoms with van der Waals surface area (Å²) in [7, 11) is 0. The van der Waals surface area contributed by atoms with Crippen LogP contribution >= 0.6 is 23.1 Å². The average Bonchev–Trinajstić information content (AvgIpc) is 3.35. The van der Waals surface area contributed by atoms with Crippen molar-refractivity contribution >= 4 is 45.1 Å². The van der Waals surface area contributed by atoms with Crippen molar-refractivity contribution in [3.8, 4) is 0 Å². The number of amides is 2. The van der Waals surface area contributed by atoms with E-state index < -0.39 is 0 Å². The highest BCUT2D eigenvalue weighted by Gasteiger charge is 2.26. The number of hydrogen-bond acceptors (Lipinski definition) is 6. The number of thioether (sulfide) groups is 1. The molecule has 138 valence electrons. The number of thiazole rings is 1. The van der Waals surface area contributed by atoms with Gasteiger partial charge < -0.3 is 10.2 Å². The maximum absolute atomic E-state index is 12.5. The highest BCUT2D eigenvalue weighted by molar-refractivity contribution is 8.01. The Balaban J connectivity index is 1.21. The van der Waals surface area contributed by atoms with Crippen LogP contribution in [0.15, 0.2) is 28.6 Å². The Labute approximate surface area is 160 Å².